The fourth-order valence-corrected chi connectivity index (χ4v) is 4.71. The highest BCUT2D eigenvalue weighted by molar-refractivity contribution is 9.11. The third-order valence-corrected chi connectivity index (χ3v) is 6.34. The van der Waals surface area contributed by atoms with Crippen LogP contribution in [0, 0.1) is 6.92 Å². The van der Waals surface area contributed by atoms with E-state index in [2.05, 4.69) is 25.6 Å². The quantitative estimate of drug-likeness (QED) is 0.900. The topological polar surface area (TPSA) is 59.1 Å². The summed E-state index contributed by atoms with van der Waals surface area (Å²) in [5, 5.41) is 0.378. The molecule has 1 N–H and O–H groups in total. The highest BCUT2D eigenvalue weighted by atomic mass is 79.9. The summed E-state index contributed by atoms with van der Waals surface area (Å²) in [5.41, 5.74) is 1.30. The molecule has 0 aliphatic carbocycles. The van der Waals surface area contributed by atoms with Gasteiger partial charge in [-0.25, -0.2) is 8.42 Å². The van der Waals surface area contributed by atoms with Crippen molar-refractivity contribution in [1.82, 2.24) is 4.98 Å². The molecule has 0 aliphatic heterocycles. The van der Waals surface area contributed by atoms with Crippen molar-refractivity contribution in [2.24, 2.45) is 0 Å². The molecule has 8 heteroatoms. The van der Waals surface area contributed by atoms with Crippen LogP contribution in [0.1, 0.15) is 5.56 Å². The largest absolute Gasteiger partial charge is 0.277 e. The van der Waals surface area contributed by atoms with Gasteiger partial charge in [0.15, 0.2) is 0 Å². The molecule has 2 aromatic rings. The lowest BCUT2D eigenvalue weighted by atomic mass is 10.3. The number of aromatic nitrogens is 1. The Morgan fingerprint density at radius 3 is 2.67 bits per heavy atom. The number of nitrogens with zero attached hydrogens (tertiary/aromatic N) is 1. The number of hydrogen-bond acceptors (Lipinski definition) is 4. The van der Waals surface area contributed by atoms with Crippen LogP contribution in [0.25, 0.3) is 0 Å². The molecule has 0 saturated carbocycles. The van der Waals surface area contributed by atoms with Crippen molar-refractivity contribution in [1.29, 1.82) is 0 Å². The van der Waals surface area contributed by atoms with Crippen LogP contribution in [0.4, 0.5) is 5.69 Å². The second-order valence-electron chi connectivity index (χ2n) is 3.54. The maximum absolute atomic E-state index is 12.1. The molecule has 0 amide bonds. The van der Waals surface area contributed by atoms with Crippen LogP contribution in [0.5, 0.6) is 0 Å². The molecule has 0 unspecified atom stereocenters. The Kier molecular flexibility index (Phi) is 3.96. The Balaban J connectivity index is 2.33. The lowest BCUT2D eigenvalue weighted by molar-refractivity contribution is 0.603. The van der Waals surface area contributed by atoms with E-state index in [4.69, 9.17) is 11.6 Å². The van der Waals surface area contributed by atoms with Crippen LogP contribution >= 0.6 is 38.9 Å². The van der Waals surface area contributed by atoms with Gasteiger partial charge in [0.1, 0.15) is 4.21 Å². The molecule has 0 spiro atoms. The van der Waals surface area contributed by atoms with Crippen LogP contribution in [-0.4, -0.2) is 13.4 Å². The van der Waals surface area contributed by atoms with Crippen LogP contribution in [0.2, 0.25) is 5.02 Å². The zero-order chi connectivity index (χ0) is 13.3. The summed E-state index contributed by atoms with van der Waals surface area (Å²) >= 11 is 10.1. The van der Waals surface area contributed by atoms with Crippen LogP contribution in [0.15, 0.2) is 32.5 Å². The molecule has 2 rings (SSSR count). The minimum atomic E-state index is -3.62. The first-order chi connectivity index (χ1) is 8.38. The zero-order valence-corrected chi connectivity index (χ0v) is 13.1. The SMILES string of the molecule is Cc1cncc(NS(=O)(=O)c2cc(Cl)c(Br)s2)c1. The van der Waals surface area contributed by atoms with Gasteiger partial charge in [0.2, 0.25) is 0 Å². The molecular formula is C10H8BrClN2O2S2. The summed E-state index contributed by atoms with van der Waals surface area (Å²) in [6, 6.07) is 3.11. The lowest BCUT2D eigenvalue weighted by Gasteiger charge is -2.05. The van der Waals surface area contributed by atoms with E-state index in [1.807, 2.05) is 6.92 Å². The molecule has 0 bridgehead atoms. The van der Waals surface area contributed by atoms with Gasteiger partial charge >= 0.3 is 0 Å². The number of anilines is 1. The van der Waals surface area contributed by atoms with Crippen LogP contribution in [0.3, 0.4) is 0 Å². The van der Waals surface area contributed by atoms with Gasteiger partial charge in [0.05, 0.1) is 20.7 Å². The molecule has 0 saturated heterocycles. The summed E-state index contributed by atoms with van der Waals surface area (Å²) < 4.78 is 27.3. The van der Waals surface area contributed by atoms with Crippen LogP contribution in [-0.2, 0) is 10.0 Å². The summed E-state index contributed by atoms with van der Waals surface area (Å²) in [6.07, 6.45) is 3.10. The first-order valence-electron chi connectivity index (χ1n) is 4.78. The average Bonchev–Trinajstić information content (AvgIpc) is 2.59. The normalized spacial score (nSPS) is 11.5. The van der Waals surface area contributed by atoms with E-state index in [9.17, 15) is 8.42 Å². The van der Waals surface area contributed by atoms with E-state index in [1.54, 1.807) is 12.3 Å². The first-order valence-corrected chi connectivity index (χ1v) is 8.25. The van der Waals surface area contributed by atoms with Crippen molar-refractivity contribution < 1.29 is 8.42 Å². The Bertz CT molecular complexity index is 665. The van der Waals surface area contributed by atoms with E-state index in [-0.39, 0.29) is 4.21 Å². The molecule has 0 fully saturated rings. The maximum atomic E-state index is 12.1. The molecule has 2 aromatic heterocycles. The van der Waals surface area contributed by atoms with Gasteiger partial charge in [-0.05, 0) is 40.5 Å². The first kappa shape index (κ1) is 13.8. The monoisotopic (exact) mass is 366 g/mol. The Morgan fingerprint density at radius 2 is 2.11 bits per heavy atom. The molecular weight excluding hydrogens is 360 g/mol. The number of nitrogens with one attached hydrogen (secondary N) is 1. The molecule has 96 valence electrons. The van der Waals surface area contributed by atoms with Gasteiger partial charge in [-0.1, -0.05) is 11.6 Å². The Morgan fingerprint density at radius 1 is 1.39 bits per heavy atom. The van der Waals surface area contributed by atoms with E-state index < -0.39 is 10.0 Å². The third kappa shape index (κ3) is 3.03. The zero-order valence-electron chi connectivity index (χ0n) is 9.15. The van der Waals surface area contributed by atoms with Gasteiger partial charge < -0.3 is 0 Å². The average molecular weight is 368 g/mol. The van der Waals surface area contributed by atoms with Crippen molar-refractivity contribution in [3.8, 4) is 0 Å². The molecule has 18 heavy (non-hydrogen) atoms. The Labute approximate surface area is 122 Å². The number of rotatable bonds is 3. The number of hydrogen-bond donors (Lipinski definition) is 1. The molecule has 4 nitrogen and oxygen atoms in total. The fourth-order valence-electron chi connectivity index (χ4n) is 1.28. The number of pyridine rings is 1. The van der Waals surface area contributed by atoms with Gasteiger partial charge in [-0.3, -0.25) is 9.71 Å². The Hall–Kier alpha value is -0.630. The van der Waals surface area contributed by atoms with E-state index >= 15 is 0 Å². The number of aryl methyl sites for hydroxylation is 1. The van der Waals surface area contributed by atoms with Gasteiger partial charge in [-0.15, -0.1) is 11.3 Å². The van der Waals surface area contributed by atoms with E-state index in [1.165, 1.54) is 12.3 Å². The molecule has 0 aliphatic rings. The number of thiophene rings is 1. The third-order valence-electron chi connectivity index (χ3n) is 2.01. The molecule has 0 radical (unpaired) electrons. The second-order valence-corrected chi connectivity index (χ2v) is 8.23. The molecule has 0 aromatic carbocycles. The molecule has 0 atom stereocenters. The maximum Gasteiger partial charge on any atom is 0.271 e. The van der Waals surface area contributed by atoms with Crippen molar-refractivity contribution in [3.63, 3.8) is 0 Å². The standard InChI is InChI=1S/C10H8BrClN2O2S2/c1-6-2-7(5-13-4-6)14-18(15,16)9-3-8(12)10(11)17-9/h2-5,14H,1H3. The predicted molar refractivity (Wildman–Crippen MR) is 76.8 cm³/mol. The summed E-state index contributed by atoms with van der Waals surface area (Å²) in [6.45, 7) is 1.84. The van der Waals surface area contributed by atoms with E-state index in [0.29, 0.717) is 14.5 Å². The van der Waals surface area contributed by atoms with E-state index in [0.717, 1.165) is 16.9 Å². The minimum Gasteiger partial charge on any atom is -0.277 e. The number of sulfonamides is 1. The number of halogens is 2. The summed E-state index contributed by atoms with van der Waals surface area (Å²) in [7, 11) is -3.62. The minimum absolute atomic E-state index is 0.154. The van der Waals surface area contributed by atoms with Crippen LogP contribution < -0.4 is 4.72 Å². The van der Waals surface area contributed by atoms with Gasteiger partial charge in [-0.2, -0.15) is 0 Å². The molecule has 2 heterocycles. The lowest BCUT2D eigenvalue weighted by Crippen LogP contribution is -2.11. The fraction of sp³-hybridized carbons (Fsp3) is 0.100. The van der Waals surface area contributed by atoms with Crippen molar-refractivity contribution in [2.75, 3.05) is 4.72 Å². The highest BCUT2D eigenvalue weighted by Crippen LogP contribution is 2.35. The highest BCUT2D eigenvalue weighted by Gasteiger charge is 2.19. The van der Waals surface area contributed by atoms with Crippen molar-refractivity contribution >= 4 is 54.6 Å². The van der Waals surface area contributed by atoms with Gasteiger partial charge in [0, 0.05) is 6.20 Å². The second kappa shape index (κ2) is 5.16. The predicted octanol–water partition coefficient (Wildman–Crippen LogP) is 3.67. The van der Waals surface area contributed by atoms with Crippen molar-refractivity contribution in [2.45, 2.75) is 11.1 Å². The van der Waals surface area contributed by atoms with Crippen molar-refractivity contribution in [3.05, 3.63) is 38.9 Å². The van der Waals surface area contributed by atoms with Gasteiger partial charge in [0.25, 0.3) is 10.0 Å². The smallest absolute Gasteiger partial charge is 0.271 e. The summed E-state index contributed by atoms with van der Waals surface area (Å²) in [5.74, 6) is 0. The summed E-state index contributed by atoms with van der Waals surface area (Å²) in [4.78, 5) is 3.93.